The van der Waals surface area contributed by atoms with Gasteiger partial charge in [-0.1, -0.05) is 0 Å². The minimum atomic E-state index is -3.22. The third kappa shape index (κ3) is 0.881. The summed E-state index contributed by atoms with van der Waals surface area (Å²) in [5.41, 5.74) is 0. The van der Waals surface area contributed by atoms with Gasteiger partial charge in [0.05, 0.1) is 0 Å². The monoisotopic (exact) mass is 162 g/mol. The Morgan fingerprint density at radius 2 is 1.27 bits per heavy atom. The number of ketones is 2. The number of aliphatic hydroxyl groups excluding tert-OH is 2. The SMILES string of the molecule is O=C1C(O)C(O)C(=O)C1(O)O. The highest BCUT2D eigenvalue weighted by molar-refractivity contribution is 6.18. The van der Waals surface area contributed by atoms with Crippen LogP contribution in [0.15, 0.2) is 0 Å². The molecule has 2 unspecified atom stereocenters. The van der Waals surface area contributed by atoms with Gasteiger partial charge in [0.25, 0.3) is 5.79 Å². The molecule has 1 aliphatic carbocycles. The molecule has 4 N–H and O–H groups in total. The van der Waals surface area contributed by atoms with Crippen LogP contribution in [-0.2, 0) is 9.59 Å². The minimum absolute atomic E-state index is 1.49. The molecule has 1 rings (SSSR count). The molecule has 0 bridgehead atoms. The standard InChI is InChI=1S/C5H6O6/c6-1-2(7)4(9)5(10,11)3(1)8/h1-2,6-7,10-11H. The van der Waals surface area contributed by atoms with Crippen LogP contribution in [0.25, 0.3) is 0 Å². The van der Waals surface area contributed by atoms with Gasteiger partial charge < -0.3 is 20.4 Å². The third-order valence-corrected chi connectivity index (χ3v) is 1.52. The first kappa shape index (κ1) is 8.28. The molecule has 0 aromatic rings. The van der Waals surface area contributed by atoms with Crippen molar-refractivity contribution in [2.45, 2.75) is 18.0 Å². The van der Waals surface area contributed by atoms with Crippen LogP contribution in [0.1, 0.15) is 0 Å². The fourth-order valence-corrected chi connectivity index (χ4v) is 0.821. The molecule has 62 valence electrons. The van der Waals surface area contributed by atoms with Gasteiger partial charge in [0.15, 0.2) is 12.2 Å². The molecule has 0 aromatic heterocycles. The molecule has 1 aliphatic rings. The van der Waals surface area contributed by atoms with Crippen LogP contribution in [0.3, 0.4) is 0 Å². The Kier molecular flexibility index (Phi) is 1.57. The number of carbonyl (C=O) groups excluding carboxylic acids is 2. The molecule has 1 saturated carbocycles. The van der Waals surface area contributed by atoms with Crippen LogP contribution in [0.5, 0.6) is 0 Å². The Hall–Kier alpha value is -0.820. The highest BCUT2D eigenvalue weighted by atomic mass is 16.5. The normalized spacial score (nSPS) is 36.4. The summed E-state index contributed by atoms with van der Waals surface area (Å²) in [6, 6.07) is 0. The van der Waals surface area contributed by atoms with Crippen molar-refractivity contribution in [3.63, 3.8) is 0 Å². The zero-order chi connectivity index (χ0) is 8.81. The van der Waals surface area contributed by atoms with Gasteiger partial charge in [-0.15, -0.1) is 0 Å². The molecule has 0 aromatic carbocycles. The molecule has 2 atom stereocenters. The lowest BCUT2D eigenvalue weighted by Crippen LogP contribution is -2.42. The van der Waals surface area contributed by atoms with Crippen molar-refractivity contribution in [2.24, 2.45) is 0 Å². The van der Waals surface area contributed by atoms with Gasteiger partial charge in [-0.05, 0) is 0 Å². The first-order chi connectivity index (χ1) is 4.89. The quantitative estimate of drug-likeness (QED) is 0.217. The molecule has 0 aliphatic heterocycles. The van der Waals surface area contributed by atoms with E-state index in [9.17, 15) is 9.59 Å². The van der Waals surface area contributed by atoms with Gasteiger partial charge in [0.1, 0.15) is 0 Å². The highest BCUT2D eigenvalue weighted by Crippen LogP contribution is 2.20. The van der Waals surface area contributed by atoms with Crippen molar-refractivity contribution in [3.8, 4) is 0 Å². The summed E-state index contributed by atoms with van der Waals surface area (Å²) in [6.07, 6.45) is -4.06. The van der Waals surface area contributed by atoms with Crippen molar-refractivity contribution in [1.29, 1.82) is 0 Å². The van der Waals surface area contributed by atoms with Crippen molar-refractivity contribution < 1.29 is 30.0 Å². The smallest absolute Gasteiger partial charge is 0.291 e. The Morgan fingerprint density at radius 1 is 1.00 bits per heavy atom. The summed E-state index contributed by atoms with van der Waals surface area (Å²) in [5, 5.41) is 34.5. The number of Topliss-reactive ketones (excluding diaryl/α,β-unsaturated/α-hetero) is 2. The van der Waals surface area contributed by atoms with Gasteiger partial charge in [0.2, 0.25) is 11.6 Å². The van der Waals surface area contributed by atoms with Crippen molar-refractivity contribution in [3.05, 3.63) is 0 Å². The lowest BCUT2D eigenvalue weighted by atomic mass is 10.2. The molecular formula is C5H6O6. The van der Waals surface area contributed by atoms with E-state index in [1.165, 1.54) is 0 Å². The van der Waals surface area contributed by atoms with Crippen LogP contribution < -0.4 is 0 Å². The van der Waals surface area contributed by atoms with Crippen LogP contribution >= 0.6 is 0 Å². The summed E-state index contributed by atoms with van der Waals surface area (Å²) in [5.74, 6) is -6.20. The molecule has 0 radical (unpaired) electrons. The second-order valence-corrected chi connectivity index (χ2v) is 2.29. The van der Waals surface area contributed by atoms with Gasteiger partial charge >= 0.3 is 0 Å². The van der Waals surface area contributed by atoms with E-state index in [2.05, 4.69) is 0 Å². The average Bonchev–Trinajstić information content (AvgIpc) is 2.06. The fraction of sp³-hybridized carbons (Fsp3) is 0.600. The van der Waals surface area contributed by atoms with Crippen molar-refractivity contribution in [2.75, 3.05) is 0 Å². The zero-order valence-electron chi connectivity index (χ0n) is 5.26. The molecule has 1 fully saturated rings. The van der Waals surface area contributed by atoms with E-state index in [0.717, 1.165) is 0 Å². The van der Waals surface area contributed by atoms with E-state index >= 15 is 0 Å². The fourth-order valence-electron chi connectivity index (χ4n) is 0.821. The summed E-state index contributed by atoms with van der Waals surface area (Å²) in [4.78, 5) is 21.0. The lowest BCUT2D eigenvalue weighted by Gasteiger charge is -2.08. The Morgan fingerprint density at radius 3 is 1.36 bits per heavy atom. The third-order valence-electron chi connectivity index (χ3n) is 1.52. The summed E-state index contributed by atoms with van der Waals surface area (Å²) in [7, 11) is 0. The maximum absolute atomic E-state index is 10.5. The number of carbonyl (C=O) groups is 2. The van der Waals surface area contributed by atoms with E-state index < -0.39 is 29.6 Å². The van der Waals surface area contributed by atoms with Gasteiger partial charge in [-0.3, -0.25) is 9.59 Å². The van der Waals surface area contributed by atoms with Crippen molar-refractivity contribution in [1.82, 2.24) is 0 Å². The van der Waals surface area contributed by atoms with Crippen molar-refractivity contribution >= 4 is 11.6 Å². The Bertz CT molecular complexity index is 197. The maximum Gasteiger partial charge on any atom is 0.291 e. The first-order valence-corrected chi connectivity index (χ1v) is 2.78. The lowest BCUT2D eigenvalue weighted by molar-refractivity contribution is -0.185. The van der Waals surface area contributed by atoms with Gasteiger partial charge in [-0.25, -0.2) is 0 Å². The van der Waals surface area contributed by atoms with Crippen LogP contribution in [0.4, 0.5) is 0 Å². The molecule has 0 heterocycles. The molecule has 11 heavy (non-hydrogen) atoms. The molecule has 6 heteroatoms. The summed E-state index contributed by atoms with van der Waals surface area (Å²) in [6.45, 7) is 0. The highest BCUT2D eigenvalue weighted by Gasteiger charge is 2.58. The number of hydrogen-bond acceptors (Lipinski definition) is 6. The molecule has 0 spiro atoms. The zero-order valence-corrected chi connectivity index (χ0v) is 5.26. The number of aliphatic hydroxyl groups is 4. The topological polar surface area (TPSA) is 115 Å². The second-order valence-electron chi connectivity index (χ2n) is 2.29. The Balaban J connectivity index is 3.06. The van der Waals surface area contributed by atoms with Gasteiger partial charge in [0, 0.05) is 0 Å². The summed E-state index contributed by atoms with van der Waals surface area (Å²) < 4.78 is 0. The van der Waals surface area contributed by atoms with E-state index in [0.29, 0.717) is 0 Å². The van der Waals surface area contributed by atoms with E-state index in [1.54, 1.807) is 0 Å². The average molecular weight is 162 g/mol. The van der Waals surface area contributed by atoms with Gasteiger partial charge in [-0.2, -0.15) is 0 Å². The van der Waals surface area contributed by atoms with E-state index in [4.69, 9.17) is 20.4 Å². The van der Waals surface area contributed by atoms with E-state index in [1.807, 2.05) is 0 Å². The Labute approximate surface area is 60.7 Å². The minimum Gasteiger partial charge on any atom is -0.382 e. The maximum atomic E-state index is 10.5. The molecule has 6 nitrogen and oxygen atoms in total. The second kappa shape index (κ2) is 2.08. The molecule has 0 saturated heterocycles. The summed E-state index contributed by atoms with van der Waals surface area (Å²) >= 11 is 0. The van der Waals surface area contributed by atoms with E-state index in [-0.39, 0.29) is 0 Å². The predicted molar refractivity (Wildman–Crippen MR) is 29.2 cm³/mol. The molecule has 0 amide bonds. The van der Waals surface area contributed by atoms with Crippen LogP contribution in [0, 0.1) is 0 Å². The first-order valence-electron chi connectivity index (χ1n) is 2.78. The number of rotatable bonds is 0. The number of hydrogen-bond donors (Lipinski definition) is 4. The molecular weight excluding hydrogens is 156 g/mol. The van der Waals surface area contributed by atoms with Crippen LogP contribution in [-0.4, -0.2) is 50.0 Å². The largest absolute Gasteiger partial charge is 0.382 e. The van der Waals surface area contributed by atoms with Crippen LogP contribution in [0.2, 0.25) is 0 Å². The predicted octanol–water partition coefficient (Wildman–Crippen LogP) is -3.46.